The minimum absolute atomic E-state index is 0.195. The summed E-state index contributed by atoms with van der Waals surface area (Å²) in [6.07, 6.45) is 2.27. The lowest BCUT2D eigenvalue weighted by atomic mass is 9.66. The molecule has 0 radical (unpaired) electrons. The van der Waals surface area contributed by atoms with Crippen molar-refractivity contribution >= 4 is 5.97 Å². The van der Waals surface area contributed by atoms with E-state index < -0.39 is 17.2 Å². The highest BCUT2D eigenvalue weighted by atomic mass is 16.6. The second kappa shape index (κ2) is 4.73. The van der Waals surface area contributed by atoms with Crippen LogP contribution < -0.4 is 4.74 Å². The van der Waals surface area contributed by atoms with Gasteiger partial charge in [-0.1, -0.05) is 26.0 Å². The molecule has 1 aromatic rings. The highest BCUT2D eigenvalue weighted by Crippen LogP contribution is 2.57. The molecule has 0 spiro atoms. The molecule has 1 aliphatic carbocycles. The number of hydrogen-bond acceptors (Lipinski definition) is 4. The van der Waals surface area contributed by atoms with E-state index in [1.807, 2.05) is 32.0 Å². The molecule has 0 aromatic heterocycles. The number of benzene rings is 1. The van der Waals surface area contributed by atoms with Gasteiger partial charge < -0.3 is 14.6 Å². The molecule has 2 unspecified atom stereocenters. The van der Waals surface area contributed by atoms with Gasteiger partial charge in [0.25, 0.3) is 0 Å². The van der Waals surface area contributed by atoms with Crippen LogP contribution in [0.4, 0.5) is 0 Å². The summed E-state index contributed by atoms with van der Waals surface area (Å²) in [5.41, 5.74) is -0.773. The Morgan fingerprint density at radius 3 is 2.90 bits per heavy atom. The van der Waals surface area contributed by atoms with Crippen molar-refractivity contribution in [2.24, 2.45) is 5.92 Å². The van der Waals surface area contributed by atoms with Gasteiger partial charge in [0.15, 0.2) is 0 Å². The molecule has 2 atom stereocenters. The monoisotopic (exact) mass is 290 g/mol. The summed E-state index contributed by atoms with van der Waals surface area (Å²) in [5.74, 6) is -0.0390. The van der Waals surface area contributed by atoms with Gasteiger partial charge in [-0.15, -0.1) is 0 Å². The Labute approximate surface area is 125 Å². The molecule has 21 heavy (non-hydrogen) atoms. The zero-order chi connectivity index (χ0) is 15.3. The molecule has 1 N–H and O–H groups in total. The Morgan fingerprint density at radius 2 is 2.24 bits per heavy atom. The van der Waals surface area contributed by atoms with Gasteiger partial charge >= 0.3 is 5.97 Å². The molecule has 0 fully saturated rings. The first-order valence-corrected chi connectivity index (χ1v) is 7.68. The van der Waals surface area contributed by atoms with Crippen molar-refractivity contribution in [2.45, 2.75) is 51.2 Å². The molecule has 1 aromatic carbocycles. The Kier molecular flexibility index (Phi) is 3.24. The number of carbonyl (C=O) groups is 1. The van der Waals surface area contributed by atoms with Gasteiger partial charge in [-0.2, -0.15) is 0 Å². The quantitative estimate of drug-likeness (QED) is 0.869. The topological polar surface area (TPSA) is 55.8 Å². The predicted octanol–water partition coefficient (Wildman–Crippen LogP) is 2.56. The Hall–Kier alpha value is -1.55. The van der Waals surface area contributed by atoms with Crippen molar-refractivity contribution in [3.63, 3.8) is 0 Å². The van der Waals surface area contributed by atoms with Crippen LogP contribution in [0.1, 0.15) is 44.7 Å². The van der Waals surface area contributed by atoms with Crippen molar-refractivity contribution in [3.8, 4) is 5.75 Å². The molecule has 4 heteroatoms. The van der Waals surface area contributed by atoms with Crippen molar-refractivity contribution < 1.29 is 19.4 Å². The van der Waals surface area contributed by atoms with Gasteiger partial charge in [0.05, 0.1) is 6.61 Å². The van der Waals surface area contributed by atoms with Crippen LogP contribution in [0.15, 0.2) is 18.2 Å². The van der Waals surface area contributed by atoms with E-state index in [4.69, 9.17) is 9.47 Å². The van der Waals surface area contributed by atoms with Crippen LogP contribution in [-0.4, -0.2) is 23.3 Å². The Balaban J connectivity index is 2.21. The van der Waals surface area contributed by atoms with E-state index in [-0.39, 0.29) is 12.5 Å². The molecule has 4 nitrogen and oxygen atoms in total. The van der Waals surface area contributed by atoms with Crippen LogP contribution in [0.25, 0.3) is 0 Å². The molecule has 1 aliphatic heterocycles. The zero-order valence-corrected chi connectivity index (χ0v) is 12.8. The van der Waals surface area contributed by atoms with Crippen LogP contribution in [-0.2, 0) is 21.6 Å². The third kappa shape index (κ3) is 1.68. The maximum absolute atomic E-state index is 12.7. The first-order valence-electron chi connectivity index (χ1n) is 7.68. The highest BCUT2D eigenvalue weighted by molar-refractivity contribution is 5.85. The van der Waals surface area contributed by atoms with E-state index in [2.05, 4.69) is 0 Å². The Morgan fingerprint density at radius 1 is 1.48 bits per heavy atom. The van der Waals surface area contributed by atoms with Gasteiger partial charge in [-0.05, 0) is 37.8 Å². The molecule has 0 amide bonds. The fourth-order valence-electron chi connectivity index (χ4n) is 3.91. The lowest BCUT2D eigenvalue weighted by molar-refractivity contribution is -0.197. The molecule has 0 saturated carbocycles. The standard InChI is InChI=1S/C17H22O4/c1-4-20-15(18)17(11(2)3)16(19)10-6-8-12-7-5-9-13(21-17)14(12)16/h5,7,9,11,19H,4,6,8,10H2,1-3H3. The number of rotatable bonds is 3. The van der Waals surface area contributed by atoms with Crippen molar-refractivity contribution in [1.82, 2.24) is 0 Å². The molecule has 2 aliphatic rings. The summed E-state index contributed by atoms with van der Waals surface area (Å²) in [5, 5.41) is 11.4. The molecule has 0 bridgehead atoms. The van der Waals surface area contributed by atoms with Crippen LogP contribution >= 0.6 is 0 Å². The number of aliphatic hydroxyl groups is 1. The van der Waals surface area contributed by atoms with Crippen LogP contribution in [0.3, 0.4) is 0 Å². The third-order valence-corrected chi connectivity index (χ3v) is 4.79. The van der Waals surface area contributed by atoms with E-state index in [0.29, 0.717) is 12.2 Å². The van der Waals surface area contributed by atoms with Gasteiger partial charge in [0.1, 0.15) is 11.4 Å². The highest BCUT2D eigenvalue weighted by Gasteiger charge is 2.67. The summed E-state index contributed by atoms with van der Waals surface area (Å²) in [4.78, 5) is 12.7. The number of aryl methyl sites for hydroxylation is 1. The number of ether oxygens (including phenoxy) is 2. The first-order chi connectivity index (χ1) is 9.97. The number of hydrogen-bond donors (Lipinski definition) is 1. The van der Waals surface area contributed by atoms with Gasteiger partial charge in [-0.3, -0.25) is 0 Å². The summed E-state index contributed by atoms with van der Waals surface area (Å²) >= 11 is 0. The van der Waals surface area contributed by atoms with E-state index in [1.54, 1.807) is 6.92 Å². The summed E-state index contributed by atoms with van der Waals surface area (Å²) < 4.78 is 11.3. The second-order valence-electron chi connectivity index (χ2n) is 6.22. The lowest BCUT2D eigenvalue weighted by Crippen LogP contribution is -2.62. The zero-order valence-electron chi connectivity index (χ0n) is 12.8. The fourth-order valence-corrected chi connectivity index (χ4v) is 3.91. The Bertz CT molecular complexity index is 580. The lowest BCUT2D eigenvalue weighted by Gasteiger charge is -2.43. The number of esters is 1. The fraction of sp³-hybridized carbons (Fsp3) is 0.588. The van der Waals surface area contributed by atoms with Crippen molar-refractivity contribution in [2.75, 3.05) is 6.61 Å². The van der Waals surface area contributed by atoms with Gasteiger partial charge in [-0.25, -0.2) is 4.79 Å². The minimum Gasteiger partial charge on any atom is -0.471 e. The van der Waals surface area contributed by atoms with E-state index in [1.165, 1.54) is 0 Å². The van der Waals surface area contributed by atoms with E-state index in [0.717, 1.165) is 24.0 Å². The second-order valence-corrected chi connectivity index (χ2v) is 6.22. The molecule has 1 heterocycles. The average molecular weight is 290 g/mol. The molecule has 0 saturated heterocycles. The van der Waals surface area contributed by atoms with E-state index in [9.17, 15) is 9.90 Å². The SMILES string of the molecule is CCOC(=O)C1(C(C)C)Oc2cccc3c2C1(O)CCC3. The molecule has 114 valence electrons. The van der Waals surface area contributed by atoms with Crippen molar-refractivity contribution in [3.05, 3.63) is 29.3 Å². The van der Waals surface area contributed by atoms with Crippen LogP contribution in [0, 0.1) is 5.92 Å². The first kappa shape index (κ1) is 14.4. The summed E-state index contributed by atoms with van der Waals surface area (Å²) in [6.45, 7) is 5.84. The van der Waals surface area contributed by atoms with Gasteiger partial charge in [0.2, 0.25) is 5.60 Å². The van der Waals surface area contributed by atoms with Crippen LogP contribution in [0.2, 0.25) is 0 Å². The minimum atomic E-state index is -1.35. The van der Waals surface area contributed by atoms with Gasteiger partial charge in [0, 0.05) is 11.5 Å². The molecule has 3 rings (SSSR count). The summed E-state index contributed by atoms with van der Waals surface area (Å²) in [7, 11) is 0. The maximum Gasteiger partial charge on any atom is 0.354 e. The van der Waals surface area contributed by atoms with E-state index >= 15 is 0 Å². The summed E-state index contributed by atoms with van der Waals surface area (Å²) in [6, 6.07) is 5.76. The molecular weight excluding hydrogens is 268 g/mol. The molecular formula is C17H22O4. The maximum atomic E-state index is 12.7. The number of carbonyl (C=O) groups excluding carboxylic acids is 1. The smallest absolute Gasteiger partial charge is 0.354 e. The normalized spacial score (nSPS) is 30.0. The predicted molar refractivity (Wildman–Crippen MR) is 78.1 cm³/mol. The van der Waals surface area contributed by atoms with Crippen molar-refractivity contribution in [1.29, 1.82) is 0 Å². The van der Waals surface area contributed by atoms with Crippen LogP contribution in [0.5, 0.6) is 5.75 Å². The largest absolute Gasteiger partial charge is 0.471 e. The average Bonchev–Trinajstić information content (AvgIpc) is 2.72. The third-order valence-electron chi connectivity index (χ3n) is 4.79.